The molecule has 0 aromatic heterocycles. The molecule has 0 nitrogen and oxygen atoms in total. The quantitative estimate of drug-likeness (QED) is 0.649. The van der Waals surface area contributed by atoms with E-state index in [0.717, 1.165) is 21.7 Å². The monoisotopic (exact) mass is 201 g/mol. The molecule has 0 aliphatic rings. The summed E-state index contributed by atoms with van der Waals surface area (Å²) in [5.41, 5.74) is 3.30. The summed E-state index contributed by atoms with van der Waals surface area (Å²) in [6.45, 7) is 3.90. The van der Waals surface area contributed by atoms with Gasteiger partial charge in [0.15, 0.2) is 0 Å². The van der Waals surface area contributed by atoms with Crippen molar-refractivity contribution in [1.29, 1.82) is 0 Å². The molecule has 0 spiro atoms. The third-order valence-corrected chi connectivity index (χ3v) is 2.32. The van der Waals surface area contributed by atoms with Gasteiger partial charge in [-0.25, -0.2) is 0 Å². The first kappa shape index (κ1) is 9.29. The lowest BCUT2D eigenvalue weighted by molar-refractivity contribution is 1.57. The number of halogens is 1. The van der Waals surface area contributed by atoms with Crippen molar-refractivity contribution in [2.75, 3.05) is 0 Å². The molecule has 0 aliphatic carbocycles. The fraction of sp³-hybridized carbons (Fsp3) is 0. The Bertz CT molecular complexity index is 403. The van der Waals surface area contributed by atoms with Gasteiger partial charge in [0.05, 0.1) is 0 Å². The van der Waals surface area contributed by atoms with Gasteiger partial charge in [-0.05, 0) is 35.7 Å². The van der Waals surface area contributed by atoms with Gasteiger partial charge in [0.25, 0.3) is 0 Å². The molecule has 69 valence electrons. The summed E-state index contributed by atoms with van der Waals surface area (Å²) in [5.74, 6) is 0. The predicted molar refractivity (Wildman–Crippen MR) is 61.3 cm³/mol. The summed E-state index contributed by atoms with van der Waals surface area (Å²) in [5, 5.41) is 0.761. The Balaban J connectivity index is 2.49. The van der Waals surface area contributed by atoms with Crippen LogP contribution in [0.1, 0.15) is 5.56 Å². The van der Waals surface area contributed by atoms with Crippen LogP contribution in [0.15, 0.2) is 48.5 Å². The molecule has 0 saturated carbocycles. The highest BCUT2D eigenvalue weighted by Crippen LogP contribution is 2.23. The third-order valence-electron chi connectivity index (χ3n) is 2.08. The molecular formula is C13H10Cl. The van der Waals surface area contributed by atoms with E-state index in [1.165, 1.54) is 0 Å². The molecule has 0 atom stereocenters. The van der Waals surface area contributed by atoms with Crippen molar-refractivity contribution in [3.63, 3.8) is 0 Å². The Morgan fingerprint density at radius 1 is 0.857 bits per heavy atom. The van der Waals surface area contributed by atoms with E-state index in [2.05, 4.69) is 13.0 Å². The van der Waals surface area contributed by atoms with Crippen molar-refractivity contribution in [2.45, 2.75) is 0 Å². The van der Waals surface area contributed by atoms with Crippen molar-refractivity contribution < 1.29 is 0 Å². The van der Waals surface area contributed by atoms with Crippen molar-refractivity contribution in [3.05, 3.63) is 66.0 Å². The molecule has 0 aliphatic heterocycles. The summed E-state index contributed by atoms with van der Waals surface area (Å²) in [7, 11) is 0. The van der Waals surface area contributed by atoms with Crippen LogP contribution in [0.3, 0.4) is 0 Å². The number of hydrogen-bond acceptors (Lipinski definition) is 0. The van der Waals surface area contributed by atoms with Gasteiger partial charge in [-0.2, -0.15) is 0 Å². The zero-order valence-corrected chi connectivity index (χ0v) is 8.46. The van der Waals surface area contributed by atoms with Crippen molar-refractivity contribution >= 4 is 11.6 Å². The van der Waals surface area contributed by atoms with Gasteiger partial charge in [-0.1, -0.05) is 48.0 Å². The zero-order chi connectivity index (χ0) is 9.97. The lowest BCUT2D eigenvalue weighted by Crippen LogP contribution is -1.78. The molecule has 2 rings (SSSR count). The topological polar surface area (TPSA) is 0 Å². The number of benzene rings is 2. The molecule has 0 amide bonds. The minimum Gasteiger partial charge on any atom is -0.0843 e. The SMILES string of the molecule is [CH2]c1cccc(-c2cccc(Cl)c2)c1. The highest BCUT2D eigenvalue weighted by molar-refractivity contribution is 6.30. The van der Waals surface area contributed by atoms with E-state index in [0.29, 0.717) is 0 Å². The van der Waals surface area contributed by atoms with Gasteiger partial charge < -0.3 is 0 Å². The maximum absolute atomic E-state index is 5.92. The van der Waals surface area contributed by atoms with Crippen molar-refractivity contribution in [1.82, 2.24) is 0 Å². The van der Waals surface area contributed by atoms with E-state index in [9.17, 15) is 0 Å². The van der Waals surface area contributed by atoms with Crippen LogP contribution in [0, 0.1) is 6.92 Å². The standard InChI is InChI=1S/C13H10Cl/c1-10-4-2-5-11(8-10)12-6-3-7-13(14)9-12/h2-9H,1H2. The molecule has 2 aromatic rings. The molecule has 0 N–H and O–H groups in total. The largest absolute Gasteiger partial charge is 0.0843 e. The summed E-state index contributed by atoms with van der Waals surface area (Å²) in [6.07, 6.45) is 0. The van der Waals surface area contributed by atoms with Crippen LogP contribution in [0.5, 0.6) is 0 Å². The minimum absolute atomic E-state index is 0.761. The summed E-state index contributed by atoms with van der Waals surface area (Å²) >= 11 is 5.92. The second-order valence-electron chi connectivity index (χ2n) is 3.21. The molecule has 14 heavy (non-hydrogen) atoms. The molecule has 0 saturated heterocycles. The third kappa shape index (κ3) is 1.97. The van der Waals surface area contributed by atoms with Crippen LogP contribution in [-0.2, 0) is 0 Å². The number of hydrogen-bond donors (Lipinski definition) is 0. The second kappa shape index (κ2) is 3.85. The van der Waals surface area contributed by atoms with Gasteiger partial charge in [0.2, 0.25) is 0 Å². The zero-order valence-electron chi connectivity index (χ0n) is 7.70. The lowest BCUT2D eigenvalue weighted by atomic mass is 10.0. The first-order valence-electron chi connectivity index (χ1n) is 4.44. The Kier molecular flexibility index (Phi) is 2.55. The Morgan fingerprint density at radius 2 is 1.50 bits per heavy atom. The molecule has 1 heteroatoms. The van der Waals surface area contributed by atoms with Crippen LogP contribution < -0.4 is 0 Å². The molecule has 1 radical (unpaired) electrons. The van der Waals surface area contributed by atoms with Crippen molar-refractivity contribution in [2.24, 2.45) is 0 Å². The summed E-state index contributed by atoms with van der Waals surface area (Å²) < 4.78 is 0. The molecular weight excluding hydrogens is 192 g/mol. The van der Waals surface area contributed by atoms with Gasteiger partial charge >= 0.3 is 0 Å². The summed E-state index contributed by atoms with van der Waals surface area (Å²) in [4.78, 5) is 0. The Hall–Kier alpha value is -1.27. The van der Waals surface area contributed by atoms with E-state index < -0.39 is 0 Å². The van der Waals surface area contributed by atoms with Crippen LogP contribution >= 0.6 is 11.6 Å². The molecule has 2 aromatic carbocycles. The number of rotatable bonds is 1. The average molecular weight is 202 g/mol. The van der Waals surface area contributed by atoms with Crippen molar-refractivity contribution in [3.8, 4) is 11.1 Å². The van der Waals surface area contributed by atoms with Gasteiger partial charge in [-0.15, -0.1) is 0 Å². The lowest BCUT2D eigenvalue weighted by Gasteiger charge is -2.02. The maximum Gasteiger partial charge on any atom is 0.0412 e. The fourth-order valence-corrected chi connectivity index (χ4v) is 1.61. The highest BCUT2D eigenvalue weighted by atomic mass is 35.5. The fourth-order valence-electron chi connectivity index (χ4n) is 1.42. The smallest absolute Gasteiger partial charge is 0.0412 e. The van der Waals surface area contributed by atoms with E-state index in [1.807, 2.05) is 42.5 Å². The molecule has 0 heterocycles. The first-order valence-corrected chi connectivity index (χ1v) is 4.81. The normalized spacial score (nSPS) is 10.1. The van der Waals surface area contributed by atoms with Gasteiger partial charge in [0.1, 0.15) is 0 Å². The average Bonchev–Trinajstić information content (AvgIpc) is 2.18. The van der Waals surface area contributed by atoms with E-state index in [1.54, 1.807) is 0 Å². The van der Waals surface area contributed by atoms with Crippen LogP contribution in [0.2, 0.25) is 5.02 Å². The molecule has 0 bridgehead atoms. The van der Waals surface area contributed by atoms with E-state index >= 15 is 0 Å². The highest BCUT2D eigenvalue weighted by Gasteiger charge is 1.97. The van der Waals surface area contributed by atoms with E-state index in [4.69, 9.17) is 11.6 Å². The minimum atomic E-state index is 0.761. The maximum atomic E-state index is 5.92. The molecule has 0 fully saturated rings. The van der Waals surface area contributed by atoms with Crippen LogP contribution in [0.25, 0.3) is 11.1 Å². The van der Waals surface area contributed by atoms with Gasteiger partial charge in [0, 0.05) is 5.02 Å². The second-order valence-corrected chi connectivity index (χ2v) is 3.65. The Labute approximate surface area is 89.2 Å². The van der Waals surface area contributed by atoms with Crippen LogP contribution in [-0.4, -0.2) is 0 Å². The Morgan fingerprint density at radius 3 is 2.14 bits per heavy atom. The summed E-state index contributed by atoms with van der Waals surface area (Å²) in [6, 6.07) is 15.9. The van der Waals surface area contributed by atoms with Gasteiger partial charge in [-0.3, -0.25) is 0 Å². The first-order chi connectivity index (χ1) is 6.75. The van der Waals surface area contributed by atoms with Crippen LogP contribution in [0.4, 0.5) is 0 Å². The molecule has 0 unspecified atom stereocenters. The predicted octanol–water partition coefficient (Wildman–Crippen LogP) is 4.19. The van der Waals surface area contributed by atoms with E-state index in [-0.39, 0.29) is 0 Å².